The van der Waals surface area contributed by atoms with E-state index in [2.05, 4.69) is 10.1 Å². The number of carbonyl (C=O) groups is 1. The minimum Gasteiger partial charge on any atom is -0.466 e. The molecule has 0 aliphatic rings. The van der Waals surface area contributed by atoms with Gasteiger partial charge >= 0.3 is 5.97 Å². The molecule has 0 saturated carbocycles. The second-order valence-electron chi connectivity index (χ2n) is 6.18. The average molecular weight is 357 g/mol. The summed E-state index contributed by atoms with van der Waals surface area (Å²) in [6, 6.07) is 14.0. The van der Waals surface area contributed by atoms with Gasteiger partial charge in [-0.15, -0.1) is 0 Å². The number of rotatable bonds is 8. The Morgan fingerprint density at radius 1 is 1.27 bits per heavy atom. The predicted molar refractivity (Wildman–Crippen MR) is 100 cm³/mol. The minimum atomic E-state index is -0.751. The molecule has 0 aromatic heterocycles. The van der Waals surface area contributed by atoms with Crippen LogP contribution in [0.4, 0.5) is 4.39 Å². The van der Waals surface area contributed by atoms with E-state index < -0.39 is 6.10 Å². The summed E-state index contributed by atoms with van der Waals surface area (Å²) in [4.78, 5) is 11.1. The van der Waals surface area contributed by atoms with Gasteiger partial charge in [0.2, 0.25) is 0 Å². The van der Waals surface area contributed by atoms with Crippen LogP contribution in [0.3, 0.4) is 0 Å². The molecular weight excluding hydrogens is 333 g/mol. The fourth-order valence-corrected chi connectivity index (χ4v) is 2.57. The van der Waals surface area contributed by atoms with Gasteiger partial charge in [-0.3, -0.25) is 0 Å². The van der Waals surface area contributed by atoms with Crippen LogP contribution in [-0.4, -0.2) is 30.8 Å². The number of ether oxygens (including phenoxy) is 1. The Labute approximate surface area is 153 Å². The van der Waals surface area contributed by atoms with Crippen LogP contribution in [0.1, 0.15) is 29.7 Å². The van der Waals surface area contributed by atoms with Crippen molar-refractivity contribution in [3.05, 3.63) is 77.1 Å². The third-order valence-corrected chi connectivity index (χ3v) is 4.03. The molecule has 2 aromatic rings. The van der Waals surface area contributed by atoms with E-state index in [4.69, 9.17) is 0 Å². The van der Waals surface area contributed by atoms with Gasteiger partial charge in [0.25, 0.3) is 0 Å². The Kier molecular flexibility index (Phi) is 7.51. The lowest BCUT2D eigenvalue weighted by Crippen LogP contribution is -2.32. The Morgan fingerprint density at radius 3 is 2.65 bits per heavy atom. The number of hydrogen-bond acceptors (Lipinski definition) is 4. The van der Waals surface area contributed by atoms with Crippen LogP contribution in [0.5, 0.6) is 0 Å². The zero-order chi connectivity index (χ0) is 18.9. The lowest BCUT2D eigenvalue weighted by molar-refractivity contribution is -0.134. The van der Waals surface area contributed by atoms with Crippen LogP contribution in [-0.2, 0) is 16.0 Å². The van der Waals surface area contributed by atoms with Crippen LogP contribution in [0, 0.1) is 5.82 Å². The van der Waals surface area contributed by atoms with Gasteiger partial charge in [0.1, 0.15) is 5.82 Å². The number of halogens is 1. The molecule has 138 valence electrons. The largest absolute Gasteiger partial charge is 0.466 e. The van der Waals surface area contributed by atoms with Crippen LogP contribution < -0.4 is 5.32 Å². The molecule has 2 N–H and O–H groups in total. The van der Waals surface area contributed by atoms with Gasteiger partial charge in [0, 0.05) is 18.7 Å². The minimum absolute atomic E-state index is 0.148. The first-order chi connectivity index (χ1) is 12.5. The highest BCUT2D eigenvalue weighted by Gasteiger charge is 2.10. The molecule has 0 bridgehead atoms. The Balaban J connectivity index is 1.82. The van der Waals surface area contributed by atoms with Gasteiger partial charge in [-0.25, -0.2) is 9.18 Å². The second kappa shape index (κ2) is 9.85. The van der Waals surface area contributed by atoms with E-state index in [-0.39, 0.29) is 17.8 Å². The molecule has 5 heteroatoms. The molecule has 0 heterocycles. The standard InChI is InChI=1S/C21H24FNO3/c1-15(23-14-20(24)18-4-3-5-19(22)13-18)12-17-8-6-16(7-9-17)10-11-21(25)26-2/h3-11,13,15,20,23-24H,12,14H2,1-2H3/b11-10+. The molecule has 0 amide bonds. The lowest BCUT2D eigenvalue weighted by Gasteiger charge is -2.17. The summed E-state index contributed by atoms with van der Waals surface area (Å²) in [6.45, 7) is 2.38. The second-order valence-corrected chi connectivity index (χ2v) is 6.18. The van der Waals surface area contributed by atoms with Crippen molar-refractivity contribution in [3.63, 3.8) is 0 Å². The molecule has 0 saturated heterocycles. The fourth-order valence-electron chi connectivity index (χ4n) is 2.57. The number of aliphatic hydroxyl groups is 1. The molecule has 26 heavy (non-hydrogen) atoms. The maximum Gasteiger partial charge on any atom is 0.330 e. The maximum atomic E-state index is 13.2. The molecule has 0 aliphatic carbocycles. The van der Waals surface area contributed by atoms with Gasteiger partial charge in [0.05, 0.1) is 13.2 Å². The van der Waals surface area contributed by atoms with Gasteiger partial charge in [-0.2, -0.15) is 0 Å². The summed E-state index contributed by atoms with van der Waals surface area (Å²) in [5, 5.41) is 13.4. The van der Waals surface area contributed by atoms with E-state index in [9.17, 15) is 14.3 Å². The van der Waals surface area contributed by atoms with Crippen LogP contribution >= 0.6 is 0 Å². The van der Waals surface area contributed by atoms with E-state index in [1.54, 1.807) is 18.2 Å². The van der Waals surface area contributed by atoms with E-state index >= 15 is 0 Å². The SMILES string of the molecule is COC(=O)/C=C/c1ccc(CC(C)NCC(O)c2cccc(F)c2)cc1. The summed E-state index contributed by atoms with van der Waals surface area (Å²) in [6.07, 6.45) is 3.12. The van der Waals surface area contributed by atoms with E-state index in [1.807, 2.05) is 31.2 Å². The van der Waals surface area contributed by atoms with Crippen molar-refractivity contribution in [2.24, 2.45) is 0 Å². The Hall–Kier alpha value is -2.50. The van der Waals surface area contributed by atoms with E-state index in [0.29, 0.717) is 12.1 Å². The molecule has 0 spiro atoms. The number of methoxy groups -OCH3 is 1. The quantitative estimate of drug-likeness (QED) is 0.562. The number of aliphatic hydroxyl groups excluding tert-OH is 1. The molecule has 0 radical (unpaired) electrons. The number of esters is 1. The van der Waals surface area contributed by atoms with Crippen LogP contribution in [0.2, 0.25) is 0 Å². The molecule has 0 fully saturated rings. The molecule has 0 aliphatic heterocycles. The van der Waals surface area contributed by atoms with Crippen molar-refractivity contribution in [2.75, 3.05) is 13.7 Å². The summed E-state index contributed by atoms with van der Waals surface area (Å²) in [5.41, 5.74) is 2.62. The zero-order valence-electron chi connectivity index (χ0n) is 15.0. The van der Waals surface area contributed by atoms with Crippen molar-refractivity contribution >= 4 is 12.0 Å². The molecule has 2 aromatic carbocycles. The van der Waals surface area contributed by atoms with E-state index in [0.717, 1.165) is 17.5 Å². The first-order valence-corrected chi connectivity index (χ1v) is 8.50. The summed E-state index contributed by atoms with van der Waals surface area (Å²) in [5.74, 6) is -0.736. The topological polar surface area (TPSA) is 58.6 Å². The summed E-state index contributed by atoms with van der Waals surface area (Å²) in [7, 11) is 1.34. The molecule has 2 unspecified atom stereocenters. The molecular formula is C21H24FNO3. The smallest absolute Gasteiger partial charge is 0.330 e. The van der Waals surface area contributed by atoms with Crippen molar-refractivity contribution in [1.82, 2.24) is 5.32 Å². The fraction of sp³-hybridized carbons (Fsp3) is 0.286. The number of hydrogen-bond donors (Lipinski definition) is 2. The van der Waals surface area contributed by atoms with Crippen LogP contribution in [0.25, 0.3) is 6.08 Å². The van der Waals surface area contributed by atoms with Gasteiger partial charge in [0.15, 0.2) is 0 Å². The van der Waals surface area contributed by atoms with Crippen LogP contribution in [0.15, 0.2) is 54.6 Å². The maximum absolute atomic E-state index is 13.2. The Morgan fingerprint density at radius 2 is 2.00 bits per heavy atom. The normalized spacial score (nSPS) is 13.5. The van der Waals surface area contributed by atoms with Crippen molar-refractivity contribution in [2.45, 2.75) is 25.5 Å². The highest BCUT2D eigenvalue weighted by Crippen LogP contribution is 2.14. The number of carbonyl (C=O) groups excluding carboxylic acids is 1. The summed E-state index contributed by atoms with van der Waals surface area (Å²) >= 11 is 0. The highest BCUT2D eigenvalue weighted by molar-refractivity contribution is 5.86. The third-order valence-electron chi connectivity index (χ3n) is 4.03. The van der Waals surface area contributed by atoms with Gasteiger partial charge in [-0.1, -0.05) is 36.4 Å². The average Bonchev–Trinajstić information content (AvgIpc) is 2.65. The third kappa shape index (κ3) is 6.43. The zero-order valence-corrected chi connectivity index (χ0v) is 15.0. The number of nitrogens with one attached hydrogen (secondary N) is 1. The van der Waals surface area contributed by atoms with Crippen molar-refractivity contribution in [3.8, 4) is 0 Å². The first kappa shape index (κ1) is 19.8. The lowest BCUT2D eigenvalue weighted by atomic mass is 10.0. The van der Waals surface area contributed by atoms with Gasteiger partial charge < -0.3 is 15.2 Å². The number of benzene rings is 2. The highest BCUT2D eigenvalue weighted by atomic mass is 19.1. The molecule has 2 rings (SSSR count). The van der Waals surface area contributed by atoms with E-state index in [1.165, 1.54) is 25.3 Å². The Bertz CT molecular complexity index is 743. The van der Waals surface area contributed by atoms with Crippen molar-refractivity contribution < 1.29 is 19.0 Å². The monoisotopic (exact) mass is 357 g/mol. The summed E-state index contributed by atoms with van der Waals surface area (Å²) < 4.78 is 17.8. The molecule has 4 nitrogen and oxygen atoms in total. The van der Waals surface area contributed by atoms with Gasteiger partial charge in [-0.05, 0) is 48.2 Å². The van der Waals surface area contributed by atoms with Crippen molar-refractivity contribution in [1.29, 1.82) is 0 Å². The molecule has 2 atom stereocenters. The first-order valence-electron chi connectivity index (χ1n) is 8.50. The predicted octanol–water partition coefficient (Wildman–Crippen LogP) is 3.27.